The van der Waals surface area contributed by atoms with E-state index in [4.69, 9.17) is 9.36 Å². The van der Waals surface area contributed by atoms with Gasteiger partial charge in [0.15, 0.2) is 0 Å². The molecule has 2 heterocycles. The van der Waals surface area contributed by atoms with Gasteiger partial charge >= 0.3 is 0 Å². The molecule has 5 nitrogen and oxygen atoms in total. The third kappa shape index (κ3) is 3.20. The molecule has 5 heteroatoms. The van der Waals surface area contributed by atoms with Crippen LogP contribution in [0.5, 0.6) is 0 Å². The van der Waals surface area contributed by atoms with Gasteiger partial charge < -0.3 is 9.36 Å². The average molecular weight is 299 g/mol. The maximum absolute atomic E-state index is 5.58. The first-order valence-electron chi connectivity index (χ1n) is 7.52. The molecule has 116 valence electrons. The molecule has 0 fully saturated rings. The second kappa shape index (κ2) is 6.32. The van der Waals surface area contributed by atoms with E-state index in [1.807, 2.05) is 32.0 Å². The topological polar surface area (TPSA) is 50.9 Å². The van der Waals surface area contributed by atoms with Gasteiger partial charge in [0.05, 0.1) is 11.4 Å². The number of aromatic nitrogens is 1. The number of nitrogens with zero attached hydrogens (tertiary/aromatic N) is 3. The van der Waals surface area contributed by atoms with Gasteiger partial charge in [-0.25, -0.2) is 0 Å². The van der Waals surface area contributed by atoms with E-state index in [9.17, 15) is 0 Å². The molecule has 1 atom stereocenters. The Hall–Kier alpha value is -2.14. The van der Waals surface area contributed by atoms with Crippen LogP contribution in [-0.4, -0.2) is 35.5 Å². The minimum atomic E-state index is 0.0979. The Balaban J connectivity index is 1.55. The van der Waals surface area contributed by atoms with Crippen LogP contribution in [0.25, 0.3) is 0 Å². The van der Waals surface area contributed by atoms with Crippen molar-refractivity contribution in [3.8, 4) is 0 Å². The van der Waals surface area contributed by atoms with Gasteiger partial charge in [-0.3, -0.25) is 4.90 Å². The summed E-state index contributed by atoms with van der Waals surface area (Å²) in [5.41, 5.74) is 4.28. The van der Waals surface area contributed by atoms with Crippen LogP contribution >= 0.6 is 0 Å². The summed E-state index contributed by atoms with van der Waals surface area (Å²) >= 11 is 0. The summed E-state index contributed by atoms with van der Waals surface area (Å²) in [7, 11) is 2.08. The molecule has 3 rings (SSSR count). The van der Waals surface area contributed by atoms with E-state index >= 15 is 0 Å². The van der Waals surface area contributed by atoms with Gasteiger partial charge in [0.1, 0.15) is 11.9 Å². The van der Waals surface area contributed by atoms with Crippen LogP contribution in [0.3, 0.4) is 0 Å². The number of rotatable bonds is 5. The highest BCUT2D eigenvalue weighted by atomic mass is 16.6. The van der Waals surface area contributed by atoms with Crippen LogP contribution in [0.2, 0.25) is 0 Å². The van der Waals surface area contributed by atoms with E-state index in [2.05, 4.69) is 34.4 Å². The molecule has 0 radical (unpaired) electrons. The van der Waals surface area contributed by atoms with Crippen LogP contribution in [0.4, 0.5) is 0 Å². The van der Waals surface area contributed by atoms with Gasteiger partial charge in [0, 0.05) is 25.1 Å². The highest BCUT2D eigenvalue weighted by molar-refractivity contribution is 6.01. The lowest BCUT2D eigenvalue weighted by atomic mass is 10.0. The maximum Gasteiger partial charge on any atom is 0.145 e. The molecule has 0 N–H and O–H groups in total. The third-order valence-electron chi connectivity index (χ3n) is 3.96. The number of hydrogen-bond donors (Lipinski definition) is 0. The minimum absolute atomic E-state index is 0.0979. The third-order valence-corrected chi connectivity index (χ3v) is 3.96. The smallest absolute Gasteiger partial charge is 0.145 e. The van der Waals surface area contributed by atoms with E-state index in [0.29, 0.717) is 0 Å². The van der Waals surface area contributed by atoms with Crippen molar-refractivity contribution in [1.82, 2.24) is 10.1 Å². The molecule has 0 aliphatic carbocycles. The van der Waals surface area contributed by atoms with Crippen LogP contribution in [0, 0.1) is 13.8 Å². The molecule has 1 unspecified atom stereocenters. The SMILES string of the molecule is Cc1noc(C)c1CN(C)CC1CC(c2ccccc2)=NO1. The van der Waals surface area contributed by atoms with Crippen molar-refractivity contribution in [3.63, 3.8) is 0 Å². The molecule has 1 aliphatic heterocycles. The summed E-state index contributed by atoms with van der Waals surface area (Å²) in [6, 6.07) is 10.2. The predicted molar refractivity (Wildman–Crippen MR) is 84.8 cm³/mol. The number of hydrogen-bond acceptors (Lipinski definition) is 5. The highest BCUT2D eigenvalue weighted by Crippen LogP contribution is 2.19. The Kier molecular flexibility index (Phi) is 4.24. The van der Waals surface area contributed by atoms with E-state index in [1.54, 1.807) is 0 Å². The lowest BCUT2D eigenvalue weighted by Gasteiger charge is -2.19. The molecule has 1 aromatic carbocycles. The molecule has 2 aromatic rings. The lowest BCUT2D eigenvalue weighted by Crippen LogP contribution is -2.29. The van der Waals surface area contributed by atoms with Crippen LogP contribution in [0.15, 0.2) is 40.0 Å². The zero-order chi connectivity index (χ0) is 15.5. The van der Waals surface area contributed by atoms with Crippen molar-refractivity contribution in [2.75, 3.05) is 13.6 Å². The maximum atomic E-state index is 5.58. The normalized spacial score (nSPS) is 17.6. The number of oxime groups is 1. The van der Waals surface area contributed by atoms with Gasteiger partial charge in [-0.15, -0.1) is 0 Å². The fourth-order valence-corrected chi connectivity index (χ4v) is 2.74. The zero-order valence-corrected chi connectivity index (χ0v) is 13.2. The Bertz CT molecular complexity index is 644. The molecule has 1 aromatic heterocycles. The molecular formula is C17H21N3O2. The molecule has 0 saturated heterocycles. The van der Waals surface area contributed by atoms with Gasteiger partial charge in [-0.05, 0) is 26.5 Å². The van der Waals surface area contributed by atoms with Gasteiger partial charge in [-0.1, -0.05) is 40.6 Å². The number of aryl methyl sites for hydroxylation is 2. The molecule has 1 aliphatic rings. The monoisotopic (exact) mass is 299 g/mol. The first kappa shape index (κ1) is 14.8. The lowest BCUT2D eigenvalue weighted by molar-refractivity contribution is 0.0575. The second-order valence-corrected chi connectivity index (χ2v) is 5.84. The Labute approximate surface area is 130 Å². The van der Waals surface area contributed by atoms with Crippen molar-refractivity contribution in [3.05, 3.63) is 52.9 Å². The first-order chi connectivity index (χ1) is 10.6. The van der Waals surface area contributed by atoms with Crippen molar-refractivity contribution in [1.29, 1.82) is 0 Å². The number of benzene rings is 1. The zero-order valence-electron chi connectivity index (χ0n) is 13.2. The van der Waals surface area contributed by atoms with E-state index < -0.39 is 0 Å². The first-order valence-corrected chi connectivity index (χ1v) is 7.52. The second-order valence-electron chi connectivity index (χ2n) is 5.84. The summed E-state index contributed by atoms with van der Waals surface area (Å²) in [6.45, 7) is 5.56. The van der Waals surface area contributed by atoms with Crippen molar-refractivity contribution < 1.29 is 9.36 Å². The predicted octanol–water partition coefficient (Wildman–Crippen LogP) is 2.92. The Morgan fingerprint density at radius 2 is 2.00 bits per heavy atom. The Morgan fingerprint density at radius 1 is 1.23 bits per heavy atom. The van der Waals surface area contributed by atoms with E-state index in [-0.39, 0.29) is 6.10 Å². The molecule has 0 spiro atoms. The largest absolute Gasteiger partial charge is 0.390 e. The summed E-state index contributed by atoms with van der Waals surface area (Å²) in [5, 5.41) is 8.23. The summed E-state index contributed by atoms with van der Waals surface area (Å²) in [4.78, 5) is 7.80. The fraction of sp³-hybridized carbons (Fsp3) is 0.412. The molecular weight excluding hydrogens is 278 g/mol. The van der Waals surface area contributed by atoms with Crippen molar-refractivity contribution in [2.45, 2.75) is 32.9 Å². The quantitative estimate of drug-likeness (QED) is 0.852. The van der Waals surface area contributed by atoms with Gasteiger partial charge in [0.25, 0.3) is 0 Å². The summed E-state index contributed by atoms with van der Waals surface area (Å²) in [5.74, 6) is 0.887. The highest BCUT2D eigenvalue weighted by Gasteiger charge is 2.24. The van der Waals surface area contributed by atoms with E-state index in [1.165, 1.54) is 0 Å². The standard InChI is InChI=1S/C17H21N3O2/c1-12-16(13(2)21-18-12)11-20(3)10-15-9-17(19-22-15)14-7-5-4-6-8-14/h4-8,15H,9-11H2,1-3H3. The number of likely N-dealkylation sites (N-methyl/N-ethyl adjacent to an activating group) is 1. The molecule has 0 saturated carbocycles. The van der Waals surface area contributed by atoms with Crippen LogP contribution in [0.1, 0.15) is 29.0 Å². The minimum Gasteiger partial charge on any atom is -0.390 e. The van der Waals surface area contributed by atoms with Crippen molar-refractivity contribution in [2.24, 2.45) is 5.16 Å². The fourth-order valence-electron chi connectivity index (χ4n) is 2.74. The average Bonchev–Trinajstić information content (AvgIpc) is 3.10. The summed E-state index contributed by atoms with van der Waals surface area (Å²) < 4.78 is 5.21. The molecule has 22 heavy (non-hydrogen) atoms. The Morgan fingerprint density at radius 3 is 2.68 bits per heavy atom. The van der Waals surface area contributed by atoms with Crippen molar-refractivity contribution >= 4 is 5.71 Å². The molecule has 0 bridgehead atoms. The summed E-state index contributed by atoms with van der Waals surface area (Å²) in [6.07, 6.45) is 0.941. The van der Waals surface area contributed by atoms with Crippen LogP contribution < -0.4 is 0 Å². The van der Waals surface area contributed by atoms with E-state index in [0.717, 1.165) is 47.8 Å². The van der Waals surface area contributed by atoms with Crippen LogP contribution in [-0.2, 0) is 11.4 Å². The van der Waals surface area contributed by atoms with Gasteiger partial charge in [0.2, 0.25) is 0 Å². The molecule has 0 amide bonds. The van der Waals surface area contributed by atoms with Gasteiger partial charge in [-0.2, -0.15) is 0 Å².